The van der Waals surface area contributed by atoms with Crippen molar-refractivity contribution in [1.82, 2.24) is 10.3 Å². The zero-order valence-electron chi connectivity index (χ0n) is 16.6. The Bertz CT molecular complexity index is 1070. The third-order valence-corrected chi connectivity index (χ3v) is 5.45. The highest BCUT2D eigenvalue weighted by molar-refractivity contribution is 5.85. The van der Waals surface area contributed by atoms with Gasteiger partial charge in [-0.15, -0.1) is 0 Å². The van der Waals surface area contributed by atoms with Crippen LogP contribution in [-0.2, 0) is 17.6 Å². The SMILES string of the molecule is CC(Cc1c[nH]c2ccccc12)C(=O)NC(Cc1ccccc1)c1ccccc1. The predicted octanol–water partition coefficient (Wildman–Crippen LogP) is 5.45. The molecular formula is C26H26N2O. The molecule has 29 heavy (non-hydrogen) atoms. The van der Waals surface area contributed by atoms with Gasteiger partial charge in [-0.05, 0) is 35.6 Å². The quantitative estimate of drug-likeness (QED) is 0.439. The summed E-state index contributed by atoms with van der Waals surface area (Å²) in [7, 11) is 0. The minimum absolute atomic E-state index is 0.0449. The fourth-order valence-electron chi connectivity index (χ4n) is 3.82. The van der Waals surface area contributed by atoms with E-state index in [4.69, 9.17) is 0 Å². The topological polar surface area (TPSA) is 44.9 Å². The maximum Gasteiger partial charge on any atom is 0.223 e. The number of H-pyrrole nitrogens is 1. The number of rotatable bonds is 7. The first-order valence-electron chi connectivity index (χ1n) is 10.1. The number of hydrogen-bond acceptors (Lipinski definition) is 1. The molecule has 0 fully saturated rings. The number of para-hydroxylation sites is 1. The Morgan fingerprint density at radius 1 is 0.862 bits per heavy atom. The zero-order chi connectivity index (χ0) is 20.1. The van der Waals surface area contributed by atoms with E-state index in [1.165, 1.54) is 16.5 Å². The molecule has 146 valence electrons. The maximum absolute atomic E-state index is 13.1. The Labute approximate surface area is 171 Å². The number of amides is 1. The van der Waals surface area contributed by atoms with Crippen LogP contribution in [0.15, 0.2) is 91.1 Å². The van der Waals surface area contributed by atoms with E-state index in [0.717, 1.165) is 17.5 Å². The molecule has 0 aliphatic carbocycles. The Kier molecular flexibility index (Phi) is 5.76. The molecule has 0 saturated heterocycles. The summed E-state index contributed by atoms with van der Waals surface area (Å²) in [5.74, 6) is -0.0312. The highest BCUT2D eigenvalue weighted by Crippen LogP contribution is 2.23. The number of carbonyl (C=O) groups is 1. The van der Waals surface area contributed by atoms with E-state index < -0.39 is 0 Å². The normalized spacial score (nSPS) is 13.1. The van der Waals surface area contributed by atoms with Crippen molar-refractivity contribution >= 4 is 16.8 Å². The molecule has 3 heteroatoms. The predicted molar refractivity (Wildman–Crippen MR) is 119 cm³/mol. The van der Waals surface area contributed by atoms with Gasteiger partial charge in [0.05, 0.1) is 6.04 Å². The van der Waals surface area contributed by atoms with Crippen LogP contribution in [0.3, 0.4) is 0 Å². The largest absolute Gasteiger partial charge is 0.361 e. The Morgan fingerprint density at radius 2 is 1.52 bits per heavy atom. The van der Waals surface area contributed by atoms with Crippen molar-refractivity contribution < 1.29 is 4.79 Å². The van der Waals surface area contributed by atoms with Gasteiger partial charge < -0.3 is 10.3 Å². The van der Waals surface area contributed by atoms with Crippen molar-refractivity contribution in [2.24, 2.45) is 5.92 Å². The van der Waals surface area contributed by atoms with Crippen molar-refractivity contribution in [2.45, 2.75) is 25.8 Å². The molecule has 0 saturated carbocycles. The molecule has 2 N–H and O–H groups in total. The van der Waals surface area contributed by atoms with E-state index in [-0.39, 0.29) is 17.9 Å². The molecule has 4 aromatic rings. The molecular weight excluding hydrogens is 356 g/mol. The molecule has 0 radical (unpaired) electrons. The van der Waals surface area contributed by atoms with Gasteiger partial charge in [0, 0.05) is 23.0 Å². The van der Waals surface area contributed by atoms with Crippen LogP contribution in [0.2, 0.25) is 0 Å². The smallest absolute Gasteiger partial charge is 0.223 e. The van der Waals surface area contributed by atoms with Gasteiger partial charge in [-0.3, -0.25) is 4.79 Å². The fourth-order valence-corrected chi connectivity index (χ4v) is 3.82. The van der Waals surface area contributed by atoms with Crippen LogP contribution in [-0.4, -0.2) is 10.9 Å². The van der Waals surface area contributed by atoms with Crippen LogP contribution >= 0.6 is 0 Å². The first-order valence-corrected chi connectivity index (χ1v) is 10.1. The Hall–Kier alpha value is -3.33. The van der Waals surface area contributed by atoms with E-state index in [2.05, 4.69) is 46.7 Å². The van der Waals surface area contributed by atoms with Gasteiger partial charge in [0.15, 0.2) is 0 Å². The summed E-state index contributed by atoms with van der Waals surface area (Å²) in [4.78, 5) is 16.4. The first kappa shape index (κ1) is 19.0. The van der Waals surface area contributed by atoms with Crippen molar-refractivity contribution in [2.75, 3.05) is 0 Å². The lowest BCUT2D eigenvalue weighted by molar-refractivity contribution is -0.125. The van der Waals surface area contributed by atoms with E-state index in [1.54, 1.807) is 0 Å². The summed E-state index contributed by atoms with van der Waals surface area (Å²) in [6.07, 6.45) is 3.51. The molecule has 1 amide bonds. The molecule has 3 aromatic carbocycles. The molecule has 0 bridgehead atoms. The molecule has 3 nitrogen and oxygen atoms in total. The zero-order valence-corrected chi connectivity index (χ0v) is 16.6. The van der Waals surface area contributed by atoms with Crippen LogP contribution in [0.1, 0.15) is 29.7 Å². The molecule has 0 spiro atoms. The number of carbonyl (C=O) groups excluding carboxylic acids is 1. The average molecular weight is 383 g/mol. The molecule has 2 atom stereocenters. The van der Waals surface area contributed by atoms with Crippen LogP contribution in [0.25, 0.3) is 10.9 Å². The second kappa shape index (κ2) is 8.78. The Balaban J connectivity index is 1.49. The van der Waals surface area contributed by atoms with Gasteiger partial charge in [-0.1, -0.05) is 85.8 Å². The molecule has 1 aromatic heterocycles. The molecule has 0 aliphatic rings. The summed E-state index contributed by atoms with van der Waals surface area (Å²) in [6, 6.07) is 28.7. The number of benzene rings is 3. The van der Waals surface area contributed by atoms with E-state index in [9.17, 15) is 4.79 Å². The standard InChI is InChI=1S/C26H26N2O/c1-19(16-22-18-27-24-15-9-8-14-23(22)24)26(29)28-25(21-12-6-3-7-13-21)17-20-10-4-2-5-11-20/h2-15,18-19,25,27H,16-17H2,1H3,(H,28,29). The second-order valence-corrected chi connectivity index (χ2v) is 7.63. The van der Waals surface area contributed by atoms with Crippen LogP contribution in [0.4, 0.5) is 0 Å². The summed E-state index contributed by atoms with van der Waals surface area (Å²) in [6.45, 7) is 2.00. The number of fused-ring (bicyclic) bond motifs is 1. The molecule has 1 heterocycles. The summed E-state index contributed by atoms with van der Waals surface area (Å²) in [5, 5.41) is 4.48. The first-order chi connectivity index (χ1) is 14.2. The van der Waals surface area contributed by atoms with Gasteiger partial charge in [-0.2, -0.15) is 0 Å². The van der Waals surface area contributed by atoms with E-state index in [0.29, 0.717) is 6.42 Å². The van der Waals surface area contributed by atoms with E-state index >= 15 is 0 Å². The van der Waals surface area contributed by atoms with Gasteiger partial charge in [0.1, 0.15) is 0 Å². The summed E-state index contributed by atoms with van der Waals surface area (Å²) in [5.41, 5.74) is 4.64. The molecule has 4 rings (SSSR count). The third-order valence-electron chi connectivity index (χ3n) is 5.45. The van der Waals surface area contributed by atoms with Gasteiger partial charge in [0.2, 0.25) is 5.91 Å². The highest BCUT2D eigenvalue weighted by Gasteiger charge is 2.20. The van der Waals surface area contributed by atoms with Crippen molar-refractivity contribution in [3.8, 4) is 0 Å². The maximum atomic E-state index is 13.1. The van der Waals surface area contributed by atoms with Crippen molar-refractivity contribution in [3.63, 3.8) is 0 Å². The minimum Gasteiger partial charge on any atom is -0.361 e. The lowest BCUT2D eigenvalue weighted by Crippen LogP contribution is -2.34. The van der Waals surface area contributed by atoms with Gasteiger partial charge >= 0.3 is 0 Å². The number of hydrogen-bond donors (Lipinski definition) is 2. The molecule has 2 unspecified atom stereocenters. The fraction of sp³-hybridized carbons (Fsp3) is 0.192. The summed E-state index contributed by atoms with van der Waals surface area (Å²) < 4.78 is 0. The average Bonchev–Trinajstić information content (AvgIpc) is 3.17. The monoisotopic (exact) mass is 382 g/mol. The van der Waals surface area contributed by atoms with Crippen molar-refractivity contribution in [1.29, 1.82) is 0 Å². The van der Waals surface area contributed by atoms with Crippen LogP contribution in [0, 0.1) is 5.92 Å². The summed E-state index contributed by atoms with van der Waals surface area (Å²) >= 11 is 0. The van der Waals surface area contributed by atoms with Gasteiger partial charge in [-0.25, -0.2) is 0 Å². The van der Waals surface area contributed by atoms with E-state index in [1.807, 2.05) is 61.7 Å². The highest BCUT2D eigenvalue weighted by atomic mass is 16.1. The molecule has 0 aliphatic heterocycles. The number of aromatic amines is 1. The Morgan fingerprint density at radius 3 is 2.28 bits per heavy atom. The van der Waals surface area contributed by atoms with Crippen LogP contribution < -0.4 is 5.32 Å². The lowest BCUT2D eigenvalue weighted by atomic mass is 9.96. The lowest BCUT2D eigenvalue weighted by Gasteiger charge is -2.22. The minimum atomic E-state index is -0.115. The van der Waals surface area contributed by atoms with Gasteiger partial charge in [0.25, 0.3) is 0 Å². The number of aromatic nitrogens is 1. The van der Waals surface area contributed by atoms with Crippen molar-refractivity contribution in [3.05, 3.63) is 108 Å². The third kappa shape index (κ3) is 4.57. The van der Waals surface area contributed by atoms with Crippen LogP contribution in [0.5, 0.6) is 0 Å². The number of nitrogens with one attached hydrogen (secondary N) is 2. The second-order valence-electron chi connectivity index (χ2n) is 7.63.